The number of carbonyl (C=O) groups is 1. The quantitative estimate of drug-likeness (QED) is 0.579. The van der Waals surface area contributed by atoms with Gasteiger partial charge < -0.3 is 14.7 Å². The number of rotatable bonds is 7. The summed E-state index contributed by atoms with van der Waals surface area (Å²) in [4.78, 5) is 15.2. The van der Waals surface area contributed by atoms with Gasteiger partial charge in [0.2, 0.25) is 15.9 Å². The van der Waals surface area contributed by atoms with Crippen molar-refractivity contribution in [1.29, 1.82) is 0 Å². The topological polar surface area (TPSA) is 87.2 Å². The monoisotopic (exact) mass is 538 g/mol. The van der Waals surface area contributed by atoms with Gasteiger partial charge in [0.1, 0.15) is 21.4 Å². The van der Waals surface area contributed by atoms with Crippen LogP contribution in [0.4, 0.5) is 0 Å². The smallest absolute Gasteiger partial charge is 0.248 e. The van der Waals surface area contributed by atoms with E-state index >= 15 is 0 Å². The fraction of sp³-hybridized carbons (Fsp3) is 0.550. The summed E-state index contributed by atoms with van der Waals surface area (Å²) in [6.07, 6.45) is 2.33. The molecule has 0 saturated carbocycles. The van der Waals surface area contributed by atoms with Crippen LogP contribution in [-0.2, 0) is 25.2 Å². The number of ether oxygens (including phenoxy) is 1. The van der Waals surface area contributed by atoms with E-state index in [1.54, 1.807) is 4.90 Å². The van der Waals surface area contributed by atoms with Crippen molar-refractivity contribution in [3.05, 3.63) is 37.1 Å². The molecule has 0 aliphatic carbocycles. The highest BCUT2D eigenvalue weighted by Crippen LogP contribution is 2.38. The molecule has 4 rings (SSSR count). The Morgan fingerprint density at radius 1 is 1.28 bits per heavy atom. The van der Waals surface area contributed by atoms with Crippen molar-refractivity contribution < 1.29 is 23.1 Å². The molecule has 1 amide bonds. The van der Waals surface area contributed by atoms with Crippen LogP contribution >= 0.6 is 45.9 Å². The maximum atomic E-state index is 13.0. The fourth-order valence-corrected chi connectivity index (χ4v) is 8.89. The summed E-state index contributed by atoms with van der Waals surface area (Å²) in [6.45, 7) is 1.30. The van der Waals surface area contributed by atoms with E-state index in [1.165, 1.54) is 21.7 Å². The van der Waals surface area contributed by atoms with Gasteiger partial charge in [0.15, 0.2) is 0 Å². The zero-order valence-corrected chi connectivity index (χ0v) is 21.2. The summed E-state index contributed by atoms with van der Waals surface area (Å²) in [7, 11) is -3.78. The van der Waals surface area contributed by atoms with Crippen LogP contribution in [0.3, 0.4) is 0 Å². The molecule has 2 aromatic rings. The summed E-state index contributed by atoms with van der Waals surface area (Å²) < 4.78 is 33.5. The second-order valence-electron chi connectivity index (χ2n) is 8.01. The third kappa shape index (κ3) is 5.02. The lowest BCUT2D eigenvalue weighted by atomic mass is 9.90. The standard InChI is InChI=1S/C20H24Cl2N2O5S3/c21-17-11-15(19(22)31-17)32(27,28)24-7-1-3-14(24)12-29-13-18(25)23-8-5-20(26,6-9-23)16-4-2-10-30-16/h2,4,10-11,14,26H,1,3,5-9,12-13H2. The van der Waals surface area contributed by atoms with Crippen molar-refractivity contribution in [2.45, 2.75) is 42.2 Å². The number of sulfonamides is 1. The SMILES string of the molecule is O=C(COCC1CCCN1S(=O)(=O)c1cc(Cl)sc1Cl)N1CCC(O)(c2cccs2)CC1. The zero-order chi connectivity index (χ0) is 22.9. The van der Waals surface area contributed by atoms with Crippen molar-refractivity contribution in [2.75, 3.05) is 32.8 Å². The number of thiophene rings is 2. The van der Waals surface area contributed by atoms with Crippen LogP contribution < -0.4 is 0 Å². The molecule has 176 valence electrons. The maximum absolute atomic E-state index is 13.0. The number of aliphatic hydroxyl groups is 1. The van der Waals surface area contributed by atoms with E-state index in [0.717, 1.165) is 16.2 Å². The summed E-state index contributed by atoms with van der Waals surface area (Å²) in [5.74, 6) is -0.154. The molecule has 0 aromatic carbocycles. The van der Waals surface area contributed by atoms with Gasteiger partial charge >= 0.3 is 0 Å². The van der Waals surface area contributed by atoms with E-state index in [1.807, 2.05) is 17.5 Å². The number of likely N-dealkylation sites (tertiary alicyclic amines) is 1. The summed E-state index contributed by atoms with van der Waals surface area (Å²) >= 11 is 14.5. The number of nitrogens with zero attached hydrogens (tertiary/aromatic N) is 2. The van der Waals surface area contributed by atoms with E-state index in [4.69, 9.17) is 27.9 Å². The molecule has 0 bridgehead atoms. The van der Waals surface area contributed by atoms with Gasteiger partial charge in [-0.1, -0.05) is 29.3 Å². The first-order valence-electron chi connectivity index (χ1n) is 10.3. The Morgan fingerprint density at radius 3 is 2.66 bits per heavy atom. The highest BCUT2D eigenvalue weighted by molar-refractivity contribution is 7.89. The zero-order valence-electron chi connectivity index (χ0n) is 17.2. The predicted octanol–water partition coefficient (Wildman–Crippen LogP) is 3.80. The molecule has 2 aromatic heterocycles. The highest BCUT2D eigenvalue weighted by Gasteiger charge is 2.38. The van der Waals surface area contributed by atoms with E-state index in [-0.39, 0.29) is 34.4 Å². The Morgan fingerprint density at radius 2 is 2.03 bits per heavy atom. The minimum Gasteiger partial charge on any atom is -0.384 e. The molecule has 7 nitrogen and oxygen atoms in total. The van der Waals surface area contributed by atoms with Crippen molar-refractivity contribution in [2.24, 2.45) is 0 Å². The summed E-state index contributed by atoms with van der Waals surface area (Å²) in [5, 5.41) is 12.8. The molecule has 0 radical (unpaired) electrons. The Labute approximate surface area is 205 Å². The molecule has 1 N–H and O–H groups in total. The van der Waals surface area contributed by atoms with Crippen LogP contribution in [0.2, 0.25) is 8.67 Å². The van der Waals surface area contributed by atoms with Gasteiger partial charge in [0.25, 0.3) is 0 Å². The van der Waals surface area contributed by atoms with Gasteiger partial charge in [-0.3, -0.25) is 4.79 Å². The van der Waals surface area contributed by atoms with E-state index in [9.17, 15) is 18.3 Å². The van der Waals surface area contributed by atoms with Gasteiger partial charge in [-0.2, -0.15) is 4.31 Å². The van der Waals surface area contributed by atoms with Gasteiger partial charge in [-0.05, 0) is 43.2 Å². The summed E-state index contributed by atoms with van der Waals surface area (Å²) in [5.41, 5.74) is -0.879. The van der Waals surface area contributed by atoms with Crippen LogP contribution in [0.25, 0.3) is 0 Å². The molecule has 2 saturated heterocycles. The molecule has 32 heavy (non-hydrogen) atoms. The number of carbonyl (C=O) groups excluding carboxylic acids is 1. The van der Waals surface area contributed by atoms with Crippen molar-refractivity contribution in [1.82, 2.24) is 9.21 Å². The Hall–Kier alpha value is -0.720. The first-order chi connectivity index (χ1) is 15.2. The second kappa shape index (κ2) is 9.87. The van der Waals surface area contributed by atoms with E-state index < -0.39 is 15.6 Å². The van der Waals surface area contributed by atoms with Gasteiger partial charge in [-0.25, -0.2) is 8.42 Å². The van der Waals surface area contributed by atoms with Crippen LogP contribution in [0.5, 0.6) is 0 Å². The maximum Gasteiger partial charge on any atom is 0.248 e. The molecule has 1 atom stereocenters. The highest BCUT2D eigenvalue weighted by atomic mass is 35.5. The van der Waals surface area contributed by atoms with Crippen molar-refractivity contribution in [3.8, 4) is 0 Å². The number of hydrogen-bond acceptors (Lipinski definition) is 7. The lowest BCUT2D eigenvalue weighted by Gasteiger charge is -2.37. The van der Waals surface area contributed by atoms with Gasteiger partial charge in [-0.15, -0.1) is 22.7 Å². The molecule has 12 heteroatoms. The lowest BCUT2D eigenvalue weighted by molar-refractivity contribution is -0.140. The van der Waals surface area contributed by atoms with Crippen LogP contribution in [0.15, 0.2) is 28.5 Å². The molecule has 2 aliphatic heterocycles. The Balaban J connectivity index is 1.29. The van der Waals surface area contributed by atoms with Crippen LogP contribution in [0, 0.1) is 0 Å². The number of piperidine rings is 1. The third-order valence-corrected chi connectivity index (χ3v) is 10.8. The van der Waals surface area contributed by atoms with Crippen molar-refractivity contribution in [3.63, 3.8) is 0 Å². The lowest BCUT2D eigenvalue weighted by Crippen LogP contribution is -2.46. The average Bonchev–Trinajstić information content (AvgIpc) is 3.50. The second-order valence-corrected chi connectivity index (χ2v) is 13.1. The third-order valence-electron chi connectivity index (χ3n) is 5.99. The first kappa shape index (κ1) is 24.4. The van der Waals surface area contributed by atoms with Crippen LogP contribution in [0.1, 0.15) is 30.6 Å². The molecule has 0 spiro atoms. The Bertz CT molecular complexity index is 1050. The normalized spacial score (nSPS) is 21.8. The predicted molar refractivity (Wildman–Crippen MR) is 126 cm³/mol. The number of hydrogen-bond donors (Lipinski definition) is 1. The molecular weight excluding hydrogens is 515 g/mol. The van der Waals surface area contributed by atoms with E-state index in [0.29, 0.717) is 49.7 Å². The Kier molecular flexibility index (Phi) is 7.53. The number of amides is 1. The van der Waals surface area contributed by atoms with Gasteiger partial charge in [0.05, 0.1) is 10.9 Å². The van der Waals surface area contributed by atoms with Crippen molar-refractivity contribution >= 4 is 61.8 Å². The molecule has 2 fully saturated rings. The van der Waals surface area contributed by atoms with E-state index in [2.05, 4.69) is 0 Å². The van der Waals surface area contributed by atoms with Gasteiger partial charge in [0, 0.05) is 30.6 Å². The number of halogens is 2. The minimum absolute atomic E-state index is 0.0173. The molecule has 1 unspecified atom stereocenters. The van der Waals surface area contributed by atoms with Crippen LogP contribution in [-0.4, -0.2) is 67.5 Å². The molecule has 2 aliphatic rings. The average molecular weight is 540 g/mol. The summed E-state index contributed by atoms with van der Waals surface area (Å²) in [6, 6.07) is 4.85. The minimum atomic E-state index is -3.78. The molecular formula is C20H24Cl2N2O5S3. The first-order valence-corrected chi connectivity index (χ1v) is 14.2. The largest absolute Gasteiger partial charge is 0.384 e. The molecule has 4 heterocycles. The fourth-order valence-electron chi connectivity index (χ4n) is 4.21.